The van der Waals surface area contributed by atoms with E-state index in [0.717, 1.165) is 0 Å². The van der Waals surface area contributed by atoms with Crippen LogP contribution in [0.25, 0.3) is 12.2 Å². The predicted molar refractivity (Wildman–Crippen MR) is 140 cm³/mol. The highest BCUT2D eigenvalue weighted by atomic mass is 35.5. The summed E-state index contributed by atoms with van der Waals surface area (Å²) >= 11 is 12.6. The van der Waals surface area contributed by atoms with E-state index in [4.69, 9.17) is 27.7 Å². The van der Waals surface area contributed by atoms with Crippen molar-refractivity contribution in [3.8, 4) is 0 Å². The van der Waals surface area contributed by atoms with E-state index in [1.807, 2.05) is 12.1 Å². The Morgan fingerprint density at radius 3 is 1.83 bits per heavy atom. The SMILES string of the molecule is Cc1noc(/C=C/c2c(Cl)cccc2Cl)c1N(CC(=O)c1ccccc1)CC(=O)c1ccccc1. The fourth-order valence-corrected chi connectivity index (χ4v) is 4.22. The Kier molecular flexibility index (Phi) is 7.80. The van der Waals surface area contributed by atoms with E-state index in [0.29, 0.717) is 43.9 Å². The summed E-state index contributed by atoms with van der Waals surface area (Å²) in [5.41, 5.74) is 2.84. The minimum Gasteiger partial charge on any atom is -0.354 e. The molecule has 0 N–H and O–H groups in total. The molecule has 1 aromatic heterocycles. The number of ketones is 2. The van der Waals surface area contributed by atoms with Crippen LogP contribution in [-0.2, 0) is 0 Å². The van der Waals surface area contributed by atoms with Crippen LogP contribution in [0.15, 0.2) is 83.4 Å². The molecule has 0 saturated carbocycles. The minimum absolute atomic E-state index is 0.0294. The summed E-state index contributed by atoms with van der Waals surface area (Å²) in [4.78, 5) is 27.9. The molecule has 35 heavy (non-hydrogen) atoms. The van der Waals surface area contributed by atoms with Crippen molar-refractivity contribution in [3.63, 3.8) is 0 Å². The summed E-state index contributed by atoms with van der Waals surface area (Å²) in [6, 6.07) is 23.2. The lowest BCUT2D eigenvalue weighted by molar-refractivity contribution is 0.0984. The standard InChI is InChI=1S/C28H22Cl2N2O3/c1-19-28(27(35-31-19)16-15-22-23(29)13-8-14-24(22)30)32(17-25(33)20-9-4-2-5-10-20)18-26(34)21-11-6-3-7-12-21/h2-16H,17-18H2,1H3/b16-15+. The number of nitrogens with zero attached hydrogens (tertiary/aromatic N) is 2. The number of halogens is 2. The molecule has 1 heterocycles. The second kappa shape index (κ2) is 11.2. The quantitative estimate of drug-likeness (QED) is 0.229. The Labute approximate surface area is 213 Å². The van der Waals surface area contributed by atoms with Crippen LogP contribution >= 0.6 is 23.2 Å². The molecule has 5 nitrogen and oxygen atoms in total. The average Bonchev–Trinajstić information content (AvgIpc) is 3.24. The molecule has 0 aliphatic carbocycles. The van der Waals surface area contributed by atoms with Gasteiger partial charge in [0.05, 0.1) is 13.1 Å². The van der Waals surface area contributed by atoms with Gasteiger partial charge in [0.2, 0.25) is 0 Å². The maximum Gasteiger partial charge on any atom is 0.183 e. The number of carbonyl (C=O) groups excluding carboxylic acids is 2. The normalized spacial score (nSPS) is 11.1. The zero-order chi connectivity index (χ0) is 24.8. The van der Waals surface area contributed by atoms with E-state index >= 15 is 0 Å². The third-order valence-electron chi connectivity index (χ3n) is 5.43. The molecular formula is C28H22Cl2N2O3. The molecule has 0 amide bonds. The zero-order valence-electron chi connectivity index (χ0n) is 18.9. The number of Topliss-reactive ketones (excluding diaryl/α,β-unsaturated/α-hetero) is 2. The van der Waals surface area contributed by atoms with Gasteiger partial charge in [-0.1, -0.05) is 95.1 Å². The van der Waals surface area contributed by atoms with Crippen molar-refractivity contribution in [1.29, 1.82) is 0 Å². The van der Waals surface area contributed by atoms with E-state index in [1.165, 1.54) is 0 Å². The first kappa shape index (κ1) is 24.5. The van der Waals surface area contributed by atoms with Crippen LogP contribution in [0.3, 0.4) is 0 Å². The molecule has 3 aromatic carbocycles. The fourth-order valence-electron chi connectivity index (χ4n) is 3.70. The number of hydrogen-bond donors (Lipinski definition) is 0. The van der Waals surface area contributed by atoms with E-state index in [2.05, 4.69) is 5.16 Å². The Morgan fingerprint density at radius 2 is 1.31 bits per heavy atom. The number of anilines is 1. The van der Waals surface area contributed by atoms with E-state index in [-0.39, 0.29) is 24.7 Å². The van der Waals surface area contributed by atoms with Gasteiger partial charge < -0.3 is 9.42 Å². The minimum atomic E-state index is -0.129. The molecule has 176 valence electrons. The lowest BCUT2D eigenvalue weighted by Gasteiger charge is -2.23. The first-order chi connectivity index (χ1) is 16.9. The van der Waals surface area contributed by atoms with Crippen molar-refractivity contribution in [2.24, 2.45) is 0 Å². The van der Waals surface area contributed by atoms with Crippen LogP contribution in [0.2, 0.25) is 10.0 Å². The molecule has 0 aliphatic heterocycles. The third-order valence-corrected chi connectivity index (χ3v) is 6.09. The molecule has 0 fully saturated rings. The van der Waals surface area contributed by atoms with Crippen LogP contribution in [-0.4, -0.2) is 29.8 Å². The monoisotopic (exact) mass is 504 g/mol. The van der Waals surface area contributed by atoms with Crippen molar-refractivity contribution in [1.82, 2.24) is 5.16 Å². The lowest BCUT2D eigenvalue weighted by Crippen LogP contribution is -2.35. The van der Waals surface area contributed by atoms with Gasteiger partial charge in [-0.2, -0.15) is 0 Å². The smallest absolute Gasteiger partial charge is 0.183 e. The molecule has 0 radical (unpaired) electrons. The Hall–Kier alpha value is -3.67. The van der Waals surface area contributed by atoms with Gasteiger partial charge in [0.15, 0.2) is 17.3 Å². The maximum atomic E-state index is 13.1. The van der Waals surface area contributed by atoms with Gasteiger partial charge >= 0.3 is 0 Å². The maximum absolute atomic E-state index is 13.1. The van der Waals surface area contributed by atoms with Crippen LogP contribution in [0.4, 0.5) is 5.69 Å². The second-order valence-electron chi connectivity index (χ2n) is 7.88. The van der Waals surface area contributed by atoms with Gasteiger partial charge in [-0.15, -0.1) is 0 Å². The van der Waals surface area contributed by atoms with Gasteiger partial charge in [-0.05, 0) is 31.2 Å². The number of carbonyl (C=O) groups is 2. The molecule has 0 unspecified atom stereocenters. The largest absolute Gasteiger partial charge is 0.354 e. The first-order valence-corrected chi connectivity index (χ1v) is 11.7. The highest BCUT2D eigenvalue weighted by Gasteiger charge is 2.24. The van der Waals surface area contributed by atoms with Gasteiger partial charge in [0.1, 0.15) is 11.4 Å². The van der Waals surface area contributed by atoms with Gasteiger partial charge in [-0.3, -0.25) is 9.59 Å². The van der Waals surface area contributed by atoms with Crippen molar-refractivity contribution >= 4 is 52.6 Å². The molecule has 4 rings (SSSR count). The summed E-state index contributed by atoms with van der Waals surface area (Å²) < 4.78 is 5.57. The van der Waals surface area contributed by atoms with Gasteiger partial charge in [0, 0.05) is 26.7 Å². The Morgan fingerprint density at radius 1 is 0.800 bits per heavy atom. The molecule has 7 heteroatoms. The molecule has 0 atom stereocenters. The fraction of sp³-hybridized carbons (Fsp3) is 0.107. The predicted octanol–water partition coefficient (Wildman–Crippen LogP) is 7.03. The van der Waals surface area contributed by atoms with Crippen LogP contribution < -0.4 is 4.90 Å². The number of hydrogen-bond acceptors (Lipinski definition) is 5. The number of benzene rings is 3. The molecule has 4 aromatic rings. The summed E-state index contributed by atoms with van der Waals surface area (Å²) in [6.45, 7) is 1.71. The van der Waals surface area contributed by atoms with E-state index in [1.54, 1.807) is 90.7 Å². The van der Waals surface area contributed by atoms with Crippen LogP contribution in [0, 0.1) is 6.92 Å². The number of aryl methyl sites for hydroxylation is 1. The van der Waals surface area contributed by atoms with Crippen molar-refractivity contribution in [3.05, 3.63) is 117 Å². The summed E-state index contributed by atoms with van der Waals surface area (Å²) in [5, 5.41) is 5.07. The molecule has 0 aliphatic rings. The Balaban J connectivity index is 1.70. The van der Waals surface area contributed by atoms with Gasteiger partial charge in [0.25, 0.3) is 0 Å². The van der Waals surface area contributed by atoms with E-state index in [9.17, 15) is 9.59 Å². The van der Waals surface area contributed by atoms with Crippen molar-refractivity contribution < 1.29 is 14.1 Å². The molecular weight excluding hydrogens is 483 g/mol. The summed E-state index contributed by atoms with van der Waals surface area (Å²) in [5.74, 6) is 0.132. The highest BCUT2D eigenvalue weighted by Crippen LogP contribution is 2.30. The van der Waals surface area contributed by atoms with E-state index < -0.39 is 0 Å². The lowest BCUT2D eigenvalue weighted by atomic mass is 10.1. The molecule has 0 bridgehead atoms. The summed E-state index contributed by atoms with van der Waals surface area (Å²) in [6.07, 6.45) is 3.42. The van der Waals surface area contributed by atoms with Gasteiger partial charge in [-0.25, -0.2) is 0 Å². The number of rotatable bonds is 9. The van der Waals surface area contributed by atoms with Crippen molar-refractivity contribution in [2.45, 2.75) is 6.92 Å². The number of aromatic nitrogens is 1. The highest BCUT2D eigenvalue weighted by molar-refractivity contribution is 6.37. The molecule has 0 saturated heterocycles. The Bertz CT molecular complexity index is 1290. The van der Waals surface area contributed by atoms with Crippen LogP contribution in [0.5, 0.6) is 0 Å². The van der Waals surface area contributed by atoms with Crippen molar-refractivity contribution in [2.75, 3.05) is 18.0 Å². The average molecular weight is 505 g/mol. The zero-order valence-corrected chi connectivity index (χ0v) is 20.5. The molecule has 0 spiro atoms. The summed E-state index contributed by atoms with van der Waals surface area (Å²) in [7, 11) is 0. The van der Waals surface area contributed by atoms with Crippen LogP contribution in [0.1, 0.15) is 37.7 Å². The first-order valence-electron chi connectivity index (χ1n) is 10.9. The topological polar surface area (TPSA) is 63.4 Å². The second-order valence-corrected chi connectivity index (χ2v) is 8.70. The third kappa shape index (κ3) is 5.88.